The second-order valence-electron chi connectivity index (χ2n) is 7.24. The molecule has 1 N–H and O–H groups in total. The Hall–Kier alpha value is -2.35. The first-order chi connectivity index (χ1) is 14.7. The maximum atomic E-state index is 12.4. The van der Waals surface area contributed by atoms with Gasteiger partial charge in [-0.15, -0.1) is 10.2 Å². The molecule has 8 heteroatoms. The summed E-state index contributed by atoms with van der Waals surface area (Å²) in [4.78, 5) is 14.8. The number of carbonyl (C=O) groups is 1. The van der Waals surface area contributed by atoms with E-state index in [-0.39, 0.29) is 11.7 Å². The molecular weight excluding hydrogens is 418 g/mol. The molecular formula is C22H24ClN5OS. The minimum Gasteiger partial charge on any atom is -0.351 e. The number of halogens is 1. The second kappa shape index (κ2) is 10.1. The Kier molecular flexibility index (Phi) is 7.04. The van der Waals surface area contributed by atoms with Crippen LogP contribution in [0, 0.1) is 0 Å². The molecule has 1 saturated heterocycles. The van der Waals surface area contributed by atoms with E-state index in [4.69, 9.17) is 11.6 Å². The van der Waals surface area contributed by atoms with Crippen LogP contribution in [0.2, 0.25) is 5.02 Å². The van der Waals surface area contributed by atoms with Crippen LogP contribution >= 0.6 is 23.4 Å². The molecule has 0 bridgehead atoms. The van der Waals surface area contributed by atoms with Gasteiger partial charge in [-0.05, 0) is 55.8 Å². The van der Waals surface area contributed by atoms with E-state index >= 15 is 0 Å². The minimum absolute atomic E-state index is 0.0429. The molecule has 0 radical (unpaired) electrons. The second-order valence-corrected chi connectivity index (χ2v) is 8.62. The van der Waals surface area contributed by atoms with Crippen LogP contribution in [-0.2, 0) is 17.9 Å². The Balaban J connectivity index is 1.42. The molecule has 0 spiro atoms. The van der Waals surface area contributed by atoms with Crippen LogP contribution < -0.4 is 5.32 Å². The van der Waals surface area contributed by atoms with E-state index in [2.05, 4.69) is 25.0 Å². The predicted molar refractivity (Wildman–Crippen MR) is 120 cm³/mol. The number of rotatable bonds is 8. The standard InChI is InChI=1S/C22H24ClN5OS/c23-18-10-8-17(9-11-18)14-24-21(29)16-30-22-26-25-20(15-27-12-4-5-13-27)28(22)19-6-2-1-3-7-19/h1-3,6-11H,4-5,12-16H2,(H,24,29). The minimum atomic E-state index is -0.0429. The van der Waals surface area contributed by atoms with Crippen molar-refractivity contribution in [2.24, 2.45) is 0 Å². The van der Waals surface area contributed by atoms with Crippen molar-refractivity contribution in [2.45, 2.75) is 31.1 Å². The van der Waals surface area contributed by atoms with Crippen molar-refractivity contribution in [3.05, 3.63) is 71.0 Å². The lowest BCUT2D eigenvalue weighted by Gasteiger charge is -2.16. The van der Waals surface area contributed by atoms with Crippen molar-refractivity contribution in [3.8, 4) is 5.69 Å². The number of likely N-dealkylation sites (tertiary alicyclic amines) is 1. The van der Waals surface area contributed by atoms with Crippen LogP contribution in [0.5, 0.6) is 0 Å². The number of amides is 1. The number of para-hydroxylation sites is 1. The number of carbonyl (C=O) groups excluding carboxylic acids is 1. The smallest absolute Gasteiger partial charge is 0.230 e. The zero-order valence-electron chi connectivity index (χ0n) is 16.6. The Morgan fingerprint density at radius 2 is 1.77 bits per heavy atom. The summed E-state index contributed by atoms with van der Waals surface area (Å²) in [6, 6.07) is 17.5. The van der Waals surface area contributed by atoms with E-state index in [0.717, 1.165) is 41.9 Å². The van der Waals surface area contributed by atoms with Gasteiger partial charge in [-0.25, -0.2) is 0 Å². The lowest BCUT2D eigenvalue weighted by molar-refractivity contribution is -0.118. The number of benzene rings is 2. The lowest BCUT2D eigenvalue weighted by Crippen LogP contribution is -2.24. The van der Waals surface area contributed by atoms with Crippen molar-refractivity contribution in [2.75, 3.05) is 18.8 Å². The third kappa shape index (κ3) is 5.41. The topological polar surface area (TPSA) is 63.1 Å². The zero-order valence-corrected chi connectivity index (χ0v) is 18.2. The number of hydrogen-bond donors (Lipinski definition) is 1. The highest BCUT2D eigenvalue weighted by molar-refractivity contribution is 7.99. The van der Waals surface area contributed by atoms with Crippen LogP contribution in [0.15, 0.2) is 59.8 Å². The molecule has 2 aromatic carbocycles. The maximum absolute atomic E-state index is 12.4. The van der Waals surface area contributed by atoms with Crippen molar-refractivity contribution in [3.63, 3.8) is 0 Å². The Bertz CT molecular complexity index is 971. The van der Waals surface area contributed by atoms with Crippen LogP contribution in [0.4, 0.5) is 0 Å². The first-order valence-electron chi connectivity index (χ1n) is 10.0. The number of nitrogens with zero attached hydrogens (tertiary/aromatic N) is 4. The van der Waals surface area contributed by atoms with Crippen LogP contribution in [0.1, 0.15) is 24.2 Å². The highest BCUT2D eigenvalue weighted by Crippen LogP contribution is 2.23. The first kappa shape index (κ1) is 20.9. The Labute approximate surface area is 185 Å². The molecule has 156 valence electrons. The van der Waals surface area contributed by atoms with Gasteiger partial charge < -0.3 is 5.32 Å². The summed E-state index contributed by atoms with van der Waals surface area (Å²) >= 11 is 7.31. The highest BCUT2D eigenvalue weighted by atomic mass is 35.5. The van der Waals surface area contributed by atoms with E-state index in [1.54, 1.807) is 0 Å². The monoisotopic (exact) mass is 441 g/mol. The molecule has 4 rings (SSSR count). The van der Waals surface area contributed by atoms with Gasteiger partial charge in [0, 0.05) is 17.3 Å². The molecule has 1 aliphatic heterocycles. The van der Waals surface area contributed by atoms with Crippen molar-refractivity contribution in [1.82, 2.24) is 25.0 Å². The maximum Gasteiger partial charge on any atom is 0.230 e. The molecule has 1 aliphatic rings. The van der Waals surface area contributed by atoms with Gasteiger partial charge in [-0.2, -0.15) is 0 Å². The summed E-state index contributed by atoms with van der Waals surface area (Å²) in [5.74, 6) is 1.15. The normalized spacial score (nSPS) is 14.2. The quantitative estimate of drug-likeness (QED) is 0.537. The van der Waals surface area contributed by atoms with Gasteiger partial charge >= 0.3 is 0 Å². The van der Waals surface area contributed by atoms with Gasteiger partial charge in [-0.3, -0.25) is 14.3 Å². The number of hydrogen-bond acceptors (Lipinski definition) is 5. The van der Waals surface area contributed by atoms with Crippen molar-refractivity contribution >= 4 is 29.3 Å². The molecule has 0 saturated carbocycles. The van der Waals surface area contributed by atoms with E-state index in [0.29, 0.717) is 11.6 Å². The number of thioether (sulfide) groups is 1. The summed E-state index contributed by atoms with van der Waals surface area (Å²) in [5, 5.41) is 13.2. The summed E-state index contributed by atoms with van der Waals surface area (Å²) in [6.45, 7) is 3.43. The fourth-order valence-electron chi connectivity index (χ4n) is 3.46. The molecule has 3 aromatic rings. The summed E-state index contributed by atoms with van der Waals surface area (Å²) in [5.41, 5.74) is 2.03. The summed E-state index contributed by atoms with van der Waals surface area (Å²) < 4.78 is 2.06. The summed E-state index contributed by atoms with van der Waals surface area (Å²) in [6.07, 6.45) is 2.46. The molecule has 2 heterocycles. The van der Waals surface area contributed by atoms with E-state index in [1.807, 2.05) is 54.6 Å². The Morgan fingerprint density at radius 3 is 2.50 bits per heavy atom. The predicted octanol–water partition coefficient (Wildman–Crippen LogP) is 3.93. The van der Waals surface area contributed by atoms with E-state index in [1.165, 1.54) is 24.6 Å². The molecule has 0 unspecified atom stereocenters. The molecule has 30 heavy (non-hydrogen) atoms. The Morgan fingerprint density at radius 1 is 1.03 bits per heavy atom. The molecule has 1 amide bonds. The van der Waals surface area contributed by atoms with Gasteiger partial charge in [0.1, 0.15) is 0 Å². The van der Waals surface area contributed by atoms with Gasteiger partial charge in [0.05, 0.1) is 12.3 Å². The van der Waals surface area contributed by atoms with Crippen LogP contribution in [0.3, 0.4) is 0 Å². The highest BCUT2D eigenvalue weighted by Gasteiger charge is 2.20. The lowest BCUT2D eigenvalue weighted by atomic mass is 10.2. The molecule has 1 fully saturated rings. The number of aromatic nitrogens is 3. The largest absolute Gasteiger partial charge is 0.351 e. The molecule has 0 aliphatic carbocycles. The average Bonchev–Trinajstić information content (AvgIpc) is 3.43. The van der Waals surface area contributed by atoms with Gasteiger partial charge in [0.2, 0.25) is 5.91 Å². The van der Waals surface area contributed by atoms with E-state index < -0.39 is 0 Å². The fraction of sp³-hybridized carbons (Fsp3) is 0.318. The fourth-order valence-corrected chi connectivity index (χ4v) is 4.38. The zero-order chi connectivity index (χ0) is 20.8. The van der Waals surface area contributed by atoms with Gasteiger partial charge in [0.25, 0.3) is 0 Å². The van der Waals surface area contributed by atoms with Crippen molar-refractivity contribution in [1.29, 1.82) is 0 Å². The number of nitrogens with one attached hydrogen (secondary N) is 1. The third-order valence-electron chi connectivity index (χ3n) is 5.01. The molecule has 0 atom stereocenters. The van der Waals surface area contributed by atoms with Crippen molar-refractivity contribution < 1.29 is 4.79 Å². The first-order valence-corrected chi connectivity index (χ1v) is 11.4. The summed E-state index contributed by atoms with van der Waals surface area (Å²) in [7, 11) is 0. The molecule has 1 aromatic heterocycles. The van der Waals surface area contributed by atoms with Crippen LogP contribution in [-0.4, -0.2) is 44.4 Å². The third-order valence-corrected chi connectivity index (χ3v) is 6.19. The van der Waals surface area contributed by atoms with Gasteiger partial charge in [-0.1, -0.05) is 53.7 Å². The van der Waals surface area contributed by atoms with E-state index in [9.17, 15) is 4.79 Å². The SMILES string of the molecule is O=C(CSc1nnc(CN2CCCC2)n1-c1ccccc1)NCc1ccc(Cl)cc1. The molecule has 6 nitrogen and oxygen atoms in total. The average molecular weight is 442 g/mol. The van der Waals surface area contributed by atoms with Gasteiger partial charge in [0.15, 0.2) is 11.0 Å². The van der Waals surface area contributed by atoms with Crippen LogP contribution in [0.25, 0.3) is 5.69 Å².